The standard InChI is InChI=1S/C19H23NO3/c21-18-6-2-3-7-19(18)23-17-10-8-16(9-11-17)22-15-14-20-12-4-1-5-13-20/h2-3,6-11,21H,1,4-5,12-15H2. The lowest BCUT2D eigenvalue weighted by atomic mass is 10.1. The van der Waals surface area contributed by atoms with Crippen molar-refractivity contribution in [1.82, 2.24) is 4.90 Å². The molecular formula is C19H23NO3. The number of nitrogens with zero attached hydrogens (tertiary/aromatic N) is 1. The van der Waals surface area contributed by atoms with Gasteiger partial charge in [-0.25, -0.2) is 0 Å². The van der Waals surface area contributed by atoms with Crippen LogP contribution in [0.1, 0.15) is 19.3 Å². The second-order valence-corrected chi connectivity index (χ2v) is 5.79. The predicted octanol–water partition coefficient (Wildman–Crippen LogP) is 4.05. The zero-order valence-electron chi connectivity index (χ0n) is 13.3. The molecule has 1 saturated heterocycles. The molecule has 23 heavy (non-hydrogen) atoms. The SMILES string of the molecule is Oc1ccccc1Oc1ccc(OCCN2CCCCC2)cc1. The van der Waals surface area contributed by atoms with Gasteiger partial charge >= 0.3 is 0 Å². The number of benzene rings is 2. The van der Waals surface area contributed by atoms with E-state index in [1.54, 1.807) is 18.2 Å². The minimum atomic E-state index is 0.134. The average Bonchev–Trinajstić information content (AvgIpc) is 2.59. The summed E-state index contributed by atoms with van der Waals surface area (Å²) in [6.07, 6.45) is 3.96. The minimum Gasteiger partial charge on any atom is -0.504 e. The lowest BCUT2D eigenvalue weighted by Gasteiger charge is -2.26. The predicted molar refractivity (Wildman–Crippen MR) is 90.4 cm³/mol. The summed E-state index contributed by atoms with van der Waals surface area (Å²) in [5, 5.41) is 9.71. The van der Waals surface area contributed by atoms with Crippen LogP contribution >= 0.6 is 0 Å². The summed E-state index contributed by atoms with van der Waals surface area (Å²) >= 11 is 0. The molecule has 1 fully saturated rings. The Morgan fingerprint density at radius 1 is 0.870 bits per heavy atom. The van der Waals surface area contributed by atoms with Gasteiger partial charge in [-0.05, 0) is 62.3 Å². The van der Waals surface area contributed by atoms with Crippen LogP contribution in [0.2, 0.25) is 0 Å². The van der Waals surface area contributed by atoms with Crippen molar-refractivity contribution in [3.05, 3.63) is 48.5 Å². The zero-order valence-corrected chi connectivity index (χ0v) is 13.3. The molecule has 1 aliphatic rings. The maximum absolute atomic E-state index is 9.71. The number of aromatic hydroxyl groups is 1. The highest BCUT2D eigenvalue weighted by Gasteiger charge is 2.09. The first-order valence-electron chi connectivity index (χ1n) is 8.22. The van der Waals surface area contributed by atoms with Gasteiger partial charge in [-0.3, -0.25) is 4.90 Å². The summed E-state index contributed by atoms with van der Waals surface area (Å²) in [5.41, 5.74) is 0. The van der Waals surface area contributed by atoms with Gasteiger partial charge < -0.3 is 14.6 Å². The Bertz CT molecular complexity index is 606. The fraction of sp³-hybridized carbons (Fsp3) is 0.368. The number of hydrogen-bond donors (Lipinski definition) is 1. The molecule has 1 heterocycles. The first kappa shape index (κ1) is 15.7. The summed E-state index contributed by atoms with van der Waals surface area (Å²) in [5.74, 6) is 2.10. The third-order valence-electron chi connectivity index (χ3n) is 4.04. The highest BCUT2D eigenvalue weighted by atomic mass is 16.5. The van der Waals surface area contributed by atoms with Gasteiger partial charge in [0.15, 0.2) is 11.5 Å². The Morgan fingerprint density at radius 2 is 1.57 bits per heavy atom. The number of phenols is 1. The van der Waals surface area contributed by atoms with Crippen LogP contribution in [0.4, 0.5) is 0 Å². The van der Waals surface area contributed by atoms with Crippen molar-refractivity contribution < 1.29 is 14.6 Å². The molecule has 0 aliphatic carbocycles. The van der Waals surface area contributed by atoms with E-state index in [0.717, 1.165) is 12.3 Å². The van der Waals surface area contributed by atoms with Crippen LogP contribution in [0.5, 0.6) is 23.0 Å². The molecule has 0 unspecified atom stereocenters. The Balaban J connectivity index is 1.48. The molecule has 0 aromatic heterocycles. The van der Waals surface area contributed by atoms with Crippen molar-refractivity contribution in [1.29, 1.82) is 0 Å². The van der Waals surface area contributed by atoms with E-state index in [9.17, 15) is 5.11 Å². The Labute approximate surface area is 137 Å². The summed E-state index contributed by atoms with van der Waals surface area (Å²) < 4.78 is 11.4. The van der Waals surface area contributed by atoms with Gasteiger partial charge in [-0.15, -0.1) is 0 Å². The van der Waals surface area contributed by atoms with E-state index in [-0.39, 0.29) is 5.75 Å². The van der Waals surface area contributed by atoms with Crippen molar-refractivity contribution >= 4 is 0 Å². The van der Waals surface area contributed by atoms with Crippen molar-refractivity contribution in [2.75, 3.05) is 26.2 Å². The smallest absolute Gasteiger partial charge is 0.169 e. The van der Waals surface area contributed by atoms with E-state index in [1.807, 2.05) is 30.3 Å². The molecule has 0 radical (unpaired) electrons. The molecular weight excluding hydrogens is 290 g/mol. The van der Waals surface area contributed by atoms with Gasteiger partial charge in [0, 0.05) is 6.54 Å². The van der Waals surface area contributed by atoms with Crippen LogP contribution in [-0.2, 0) is 0 Å². The molecule has 2 aromatic carbocycles. The topological polar surface area (TPSA) is 41.9 Å². The highest BCUT2D eigenvalue weighted by molar-refractivity contribution is 5.42. The summed E-state index contributed by atoms with van der Waals surface area (Å²) in [7, 11) is 0. The molecule has 0 spiro atoms. The first-order chi connectivity index (χ1) is 11.3. The molecule has 0 bridgehead atoms. The van der Waals surface area contributed by atoms with Gasteiger partial charge in [0.05, 0.1) is 0 Å². The molecule has 0 atom stereocenters. The lowest BCUT2D eigenvalue weighted by molar-refractivity contribution is 0.183. The van der Waals surface area contributed by atoms with Gasteiger partial charge in [0.1, 0.15) is 18.1 Å². The number of ether oxygens (including phenoxy) is 2. The van der Waals surface area contributed by atoms with E-state index in [2.05, 4.69) is 4.90 Å². The monoisotopic (exact) mass is 313 g/mol. The van der Waals surface area contributed by atoms with Crippen molar-refractivity contribution in [2.45, 2.75) is 19.3 Å². The van der Waals surface area contributed by atoms with Crippen LogP contribution in [0.15, 0.2) is 48.5 Å². The molecule has 2 aromatic rings. The lowest BCUT2D eigenvalue weighted by Crippen LogP contribution is -2.33. The van der Waals surface area contributed by atoms with Gasteiger partial charge in [0.2, 0.25) is 0 Å². The zero-order chi connectivity index (χ0) is 15.9. The maximum atomic E-state index is 9.71. The van der Waals surface area contributed by atoms with E-state index in [4.69, 9.17) is 9.47 Å². The molecule has 0 amide bonds. The molecule has 3 rings (SSSR count). The Morgan fingerprint density at radius 3 is 2.30 bits per heavy atom. The summed E-state index contributed by atoms with van der Waals surface area (Å²) in [4.78, 5) is 2.46. The van der Waals surface area contributed by atoms with Crippen LogP contribution < -0.4 is 9.47 Å². The third kappa shape index (κ3) is 4.63. The second kappa shape index (κ2) is 7.88. The first-order valence-corrected chi connectivity index (χ1v) is 8.22. The van der Waals surface area contributed by atoms with Crippen LogP contribution in [-0.4, -0.2) is 36.2 Å². The Kier molecular flexibility index (Phi) is 5.37. The maximum Gasteiger partial charge on any atom is 0.169 e. The Hall–Kier alpha value is -2.20. The molecule has 122 valence electrons. The summed E-state index contributed by atoms with van der Waals surface area (Å²) in [6, 6.07) is 14.4. The van der Waals surface area contributed by atoms with Gasteiger partial charge in [-0.1, -0.05) is 18.6 Å². The van der Waals surface area contributed by atoms with E-state index in [1.165, 1.54) is 32.4 Å². The van der Waals surface area contributed by atoms with Crippen LogP contribution in [0.25, 0.3) is 0 Å². The van der Waals surface area contributed by atoms with E-state index in [0.29, 0.717) is 18.1 Å². The normalized spacial score (nSPS) is 15.3. The summed E-state index contributed by atoms with van der Waals surface area (Å²) in [6.45, 7) is 4.07. The molecule has 1 aliphatic heterocycles. The van der Waals surface area contributed by atoms with Crippen molar-refractivity contribution in [3.63, 3.8) is 0 Å². The molecule has 0 saturated carbocycles. The largest absolute Gasteiger partial charge is 0.504 e. The quantitative estimate of drug-likeness (QED) is 0.873. The number of hydrogen-bond acceptors (Lipinski definition) is 4. The van der Waals surface area contributed by atoms with Crippen molar-refractivity contribution in [2.24, 2.45) is 0 Å². The molecule has 4 heteroatoms. The average molecular weight is 313 g/mol. The number of piperidine rings is 1. The molecule has 4 nitrogen and oxygen atoms in total. The highest BCUT2D eigenvalue weighted by Crippen LogP contribution is 2.30. The number of para-hydroxylation sites is 2. The van der Waals surface area contributed by atoms with Gasteiger partial charge in [0.25, 0.3) is 0 Å². The number of likely N-dealkylation sites (tertiary alicyclic amines) is 1. The number of phenolic OH excluding ortho intramolecular Hbond substituents is 1. The second-order valence-electron chi connectivity index (χ2n) is 5.79. The fourth-order valence-electron chi connectivity index (χ4n) is 2.75. The van der Waals surface area contributed by atoms with E-state index >= 15 is 0 Å². The van der Waals surface area contributed by atoms with Crippen LogP contribution in [0.3, 0.4) is 0 Å². The van der Waals surface area contributed by atoms with E-state index < -0.39 is 0 Å². The molecule has 1 N–H and O–H groups in total. The van der Waals surface area contributed by atoms with Gasteiger partial charge in [-0.2, -0.15) is 0 Å². The minimum absolute atomic E-state index is 0.134. The number of rotatable bonds is 6. The third-order valence-corrected chi connectivity index (χ3v) is 4.04. The fourth-order valence-corrected chi connectivity index (χ4v) is 2.75. The van der Waals surface area contributed by atoms with Crippen molar-refractivity contribution in [3.8, 4) is 23.0 Å². The van der Waals surface area contributed by atoms with Crippen LogP contribution in [0, 0.1) is 0 Å².